The van der Waals surface area contributed by atoms with Crippen LogP contribution in [0.2, 0.25) is 0 Å². The number of nitrogens with zero attached hydrogens (tertiary/aromatic N) is 2. The van der Waals surface area contributed by atoms with E-state index in [-0.39, 0.29) is 11.4 Å². The van der Waals surface area contributed by atoms with E-state index in [0.717, 1.165) is 34.1 Å². The Balaban J connectivity index is 1.52. The van der Waals surface area contributed by atoms with Gasteiger partial charge in [-0.2, -0.15) is 18.3 Å². The minimum Gasteiger partial charge on any atom is -0.550 e. The van der Waals surface area contributed by atoms with E-state index in [1.54, 1.807) is 17.7 Å². The van der Waals surface area contributed by atoms with Crippen LogP contribution in [0.3, 0.4) is 0 Å². The van der Waals surface area contributed by atoms with Crippen molar-refractivity contribution in [3.05, 3.63) is 114 Å². The third-order valence-corrected chi connectivity index (χ3v) is 7.23. The Labute approximate surface area is 229 Å². The molecule has 1 N–H and O–H groups in total. The van der Waals surface area contributed by atoms with Crippen LogP contribution >= 0.6 is 0 Å². The number of carbonyl (C=O) groups is 1. The number of fused-ring (bicyclic) bond motifs is 1. The van der Waals surface area contributed by atoms with Gasteiger partial charge in [-0.3, -0.25) is 4.68 Å². The minimum absolute atomic E-state index is 0.0882. The van der Waals surface area contributed by atoms with E-state index in [9.17, 15) is 23.1 Å². The molecule has 1 aromatic heterocycles. The van der Waals surface area contributed by atoms with Gasteiger partial charge < -0.3 is 15.2 Å². The monoisotopic (exact) mass is 542 g/mol. The van der Waals surface area contributed by atoms with Gasteiger partial charge in [0.05, 0.1) is 17.8 Å². The van der Waals surface area contributed by atoms with Crippen molar-refractivity contribution in [3.8, 4) is 11.3 Å². The van der Waals surface area contributed by atoms with Crippen molar-refractivity contribution >= 4 is 28.2 Å². The fourth-order valence-electron chi connectivity index (χ4n) is 4.83. The van der Waals surface area contributed by atoms with Crippen LogP contribution in [0, 0.1) is 5.92 Å². The molecule has 0 saturated heterocycles. The molecule has 8 heteroatoms. The van der Waals surface area contributed by atoms with Gasteiger partial charge in [0.15, 0.2) is 0 Å². The lowest BCUT2D eigenvalue weighted by molar-refractivity contribution is -0.311. The summed E-state index contributed by atoms with van der Waals surface area (Å²) in [5.41, 5.74) is 3.79. The number of carboxylic acids is 1. The Kier molecular flexibility index (Phi) is 7.34. The average Bonchev–Trinajstić information content (AvgIpc) is 3.30. The van der Waals surface area contributed by atoms with E-state index in [1.165, 1.54) is 6.07 Å². The lowest BCUT2D eigenvalue weighted by Gasteiger charge is -2.21. The predicted molar refractivity (Wildman–Crippen MR) is 148 cm³/mol. The summed E-state index contributed by atoms with van der Waals surface area (Å²) in [7, 11) is 0. The fraction of sp³-hybridized carbons (Fsp3) is 0.188. The zero-order chi connectivity index (χ0) is 28.4. The van der Waals surface area contributed by atoms with Gasteiger partial charge in [-0.15, -0.1) is 0 Å². The second-order valence-corrected chi connectivity index (χ2v) is 9.92. The molecule has 0 fully saturated rings. The van der Waals surface area contributed by atoms with Gasteiger partial charge in [0.2, 0.25) is 0 Å². The molecule has 0 saturated carbocycles. The van der Waals surface area contributed by atoms with Crippen molar-refractivity contribution in [1.29, 1.82) is 0 Å². The summed E-state index contributed by atoms with van der Waals surface area (Å²) in [6.07, 6.45) is -4.53. The van der Waals surface area contributed by atoms with Crippen LogP contribution < -0.4 is 10.4 Å². The number of halogens is 3. The number of anilines is 2. The van der Waals surface area contributed by atoms with E-state index in [2.05, 4.69) is 10.4 Å². The average molecular weight is 543 g/mol. The molecule has 40 heavy (non-hydrogen) atoms. The third-order valence-electron chi connectivity index (χ3n) is 7.23. The number of rotatable bonds is 8. The van der Waals surface area contributed by atoms with Crippen molar-refractivity contribution in [2.75, 3.05) is 5.32 Å². The first-order chi connectivity index (χ1) is 19.1. The topological polar surface area (TPSA) is 70.0 Å². The molecule has 0 bridgehead atoms. The molecule has 0 aliphatic heterocycles. The summed E-state index contributed by atoms with van der Waals surface area (Å²) in [4.78, 5) is 11.2. The normalized spacial score (nSPS) is 13.2. The van der Waals surface area contributed by atoms with Crippen molar-refractivity contribution in [2.45, 2.75) is 32.5 Å². The lowest BCUT2D eigenvalue weighted by Crippen LogP contribution is -2.32. The smallest absolute Gasteiger partial charge is 0.418 e. The van der Waals surface area contributed by atoms with Crippen LogP contribution in [0.1, 0.15) is 36.5 Å². The van der Waals surface area contributed by atoms with Crippen molar-refractivity contribution < 1.29 is 23.1 Å². The molecule has 5 rings (SSSR count). The summed E-state index contributed by atoms with van der Waals surface area (Å²) in [5.74, 6) is -1.92. The highest BCUT2D eigenvalue weighted by atomic mass is 19.4. The predicted octanol–water partition coefficient (Wildman–Crippen LogP) is 7.00. The molecule has 0 aliphatic rings. The minimum atomic E-state index is -4.53. The first-order valence-corrected chi connectivity index (χ1v) is 12.9. The van der Waals surface area contributed by atoms with Crippen LogP contribution in [0.15, 0.2) is 97.1 Å². The fourth-order valence-corrected chi connectivity index (χ4v) is 4.83. The Bertz CT molecular complexity index is 1640. The molecule has 4 aromatic carbocycles. The highest BCUT2D eigenvalue weighted by molar-refractivity contribution is 5.96. The first kappa shape index (κ1) is 27.0. The molecule has 0 aliphatic carbocycles. The first-order valence-electron chi connectivity index (χ1n) is 12.9. The number of carboxylic acid groups (broad SMARTS) is 1. The molecular weight excluding hydrogens is 515 g/mol. The molecule has 0 amide bonds. The number of carbonyl (C=O) groups excluding carboxylic acids is 1. The van der Waals surface area contributed by atoms with Crippen LogP contribution in [0.4, 0.5) is 24.5 Å². The molecule has 0 spiro atoms. The second kappa shape index (κ2) is 10.9. The maximum atomic E-state index is 13.9. The molecule has 2 atom stereocenters. The molecule has 1 heterocycles. The molecule has 5 nitrogen and oxygen atoms in total. The van der Waals surface area contributed by atoms with E-state index in [0.29, 0.717) is 17.6 Å². The zero-order valence-electron chi connectivity index (χ0n) is 21.9. The number of benzene rings is 4. The standard InChI is InChI=1S/C32H28F3N3O2/c1-20(21(2)31(39)40)23-14-16-25(17-15-23)36-26-11-6-10-24(18-26)30-27-12-7-13-28(32(33,34)35)29(27)37-38(30)19-22-8-4-3-5-9-22/h3-18,20-21,36H,19H2,1-2H3,(H,39,40)/p-1. The van der Waals surface area contributed by atoms with Gasteiger partial charge in [0.25, 0.3) is 0 Å². The van der Waals surface area contributed by atoms with E-state index < -0.39 is 23.6 Å². The van der Waals surface area contributed by atoms with E-state index >= 15 is 0 Å². The van der Waals surface area contributed by atoms with Gasteiger partial charge in [0, 0.05) is 34.2 Å². The summed E-state index contributed by atoms with van der Waals surface area (Å²) < 4.78 is 43.2. The number of nitrogens with one attached hydrogen (secondary N) is 1. The number of aliphatic carboxylic acids is 1. The van der Waals surface area contributed by atoms with Gasteiger partial charge in [-0.25, -0.2) is 0 Å². The van der Waals surface area contributed by atoms with Crippen molar-refractivity contribution in [3.63, 3.8) is 0 Å². The zero-order valence-corrected chi connectivity index (χ0v) is 21.9. The summed E-state index contributed by atoms with van der Waals surface area (Å²) in [6.45, 7) is 3.78. The number of aromatic nitrogens is 2. The lowest BCUT2D eigenvalue weighted by atomic mass is 9.89. The number of hydrogen-bond donors (Lipinski definition) is 1. The van der Waals surface area contributed by atoms with Crippen LogP contribution in [-0.2, 0) is 17.5 Å². The van der Waals surface area contributed by atoms with Crippen LogP contribution in [0.5, 0.6) is 0 Å². The second-order valence-electron chi connectivity index (χ2n) is 9.92. The summed E-state index contributed by atoms with van der Waals surface area (Å²) in [5, 5.41) is 19.4. The Hall–Kier alpha value is -4.59. The van der Waals surface area contributed by atoms with E-state index in [1.807, 2.05) is 85.8 Å². The van der Waals surface area contributed by atoms with E-state index in [4.69, 9.17) is 0 Å². The van der Waals surface area contributed by atoms with Crippen molar-refractivity contribution in [1.82, 2.24) is 9.78 Å². The quantitative estimate of drug-likeness (QED) is 0.229. The third kappa shape index (κ3) is 5.57. The molecule has 5 aromatic rings. The number of alkyl halides is 3. The van der Waals surface area contributed by atoms with Crippen molar-refractivity contribution in [2.24, 2.45) is 5.92 Å². The number of hydrogen-bond acceptors (Lipinski definition) is 4. The summed E-state index contributed by atoms with van der Waals surface area (Å²) >= 11 is 0. The Morgan fingerprint density at radius 1 is 0.900 bits per heavy atom. The SMILES string of the molecule is CC(C(=O)[O-])C(C)c1ccc(Nc2cccc(-c3c4cccc(C(F)(F)F)c4nn3Cc3ccccc3)c2)cc1. The maximum absolute atomic E-state index is 13.9. The Morgan fingerprint density at radius 3 is 2.27 bits per heavy atom. The van der Waals surface area contributed by atoms with Gasteiger partial charge in [-0.05, 0) is 47.4 Å². The highest BCUT2D eigenvalue weighted by Crippen LogP contribution is 2.39. The maximum Gasteiger partial charge on any atom is 0.418 e. The van der Waals surface area contributed by atoms with Crippen LogP contribution in [-0.4, -0.2) is 15.7 Å². The van der Waals surface area contributed by atoms with Gasteiger partial charge in [0.1, 0.15) is 5.52 Å². The largest absolute Gasteiger partial charge is 0.550 e. The van der Waals surface area contributed by atoms with Gasteiger partial charge in [-0.1, -0.05) is 80.6 Å². The summed E-state index contributed by atoms with van der Waals surface area (Å²) in [6, 6.07) is 28.6. The van der Waals surface area contributed by atoms with Crippen LogP contribution in [0.25, 0.3) is 22.2 Å². The molecule has 2 unspecified atom stereocenters. The molecular formula is C32H27F3N3O2-. The van der Waals surface area contributed by atoms with Gasteiger partial charge >= 0.3 is 6.18 Å². The Morgan fingerprint density at radius 2 is 1.60 bits per heavy atom. The molecule has 0 radical (unpaired) electrons. The highest BCUT2D eigenvalue weighted by Gasteiger charge is 2.34. The molecule has 204 valence electrons.